The number of benzene rings is 2. The number of hydrogen-bond acceptors (Lipinski definition) is 3. The molecule has 27 heavy (non-hydrogen) atoms. The topological polar surface area (TPSA) is 66.5 Å². The summed E-state index contributed by atoms with van der Waals surface area (Å²) in [7, 11) is -3.88. The standard InChI is InChI=1S/C18H19F3N2O3S/c1-12-4-7-15(10-13(12)2)22-17(24)11-23(27(3,25)26)16-8-5-14(6-9-16)18(19,20)21/h4-10H,11H2,1-3H3,(H,22,24). The third kappa shape index (κ3) is 5.46. The molecule has 0 aromatic heterocycles. The summed E-state index contributed by atoms with van der Waals surface area (Å²) in [5.74, 6) is -0.608. The number of halogens is 3. The van der Waals surface area contributed by atoms with Gasteiger partial charge in [-0.2, -0.15) is 13.2 Å². The number of aryl methyl sites for hydroxylation is 2. The van der Waals surface area contributed by atoms with Crippen LogP contribution in [0.4, 0.5) is 24.5 Å². The summed E-state index contributed by atoms with van der Waals surface area (Å²) < 4.78 is 62.8. The molecule has 0 unspecified atom stereocenters. The van der Waals surface area contributed by atoms with Crippen molar-refractivity contribution in [2.24, 2.45) is 0 Å². The van der Waals surface area contributed by atoms with Crippen LogP contribution in [0, 0.1) is 13.8 Å². The first kappa shape index (κ1) is 20.8. The lowest BCUT2D eigenvalue weighted by Crippen LogP contribution is -2.37. The average Bonchev–Trinajstić information content (AvgIpc) is 2.54. The third-order valence-corrected chi connectivity index (χ3v) is 5.10. The van der Waals surface area contributed by atoms with Gasteiger partial charge in [0.2, 0.25) is 15.9 Å². The summed E-state index contributed by atoms with van der Waals surface area (Å²) >= 11 is 0. The van der Waals surface area contributed by atoms with Crippen LogP contribution in [0.15, 0.2) is 42.5 Å². The largest absolute Gasteiger partial charge is 0.416 e. The Balaban J connectivity index is 2.22. The number of sulfonamides is 1. The molecule has 0 bridgehead atoms. The second kappa shape index (κ2) is 7.59. The van der Waals surface area contributed by atoms with E-state index in [0.717, 1.165) is 46.0 Å². The maximum absolute atomic E-state index is 12.7. The van der Waals surface area contributed by atoms with Crippen LogP contribution < -0.4 is 9.62 Å². The van der Waals surface area contributed by atoms with E-state index < -0.39 is 34.2 Å². The minimum Gasteiger partial charge on any atom is -0.325 e. The zero-order valence-electron chi connectivity index (χ0n) is 15.0. The number of nitrogens with zero attached hydrogens (tertiary/aromatic N) is 1. The monoisotopic (exact) mass is 400 g/mol. The van der Waals surface area contributed by atoms with Crippen molar-refractivity contribution in [1.29, 1.82) is 0 Å². The number of carbonyl (C=O) groups is 1. The van der Waals surface area contributed by atoms with Gasteiger partial charge in [0.15, 0.2) is 0 Å². The zero-order valence-corrected chi connectivity index (χ0v) is 15.8. The van der Waals surface area contributed by atoms with Gasteiger partial charge in [0.05, 0.1) is 17.5 Å². The summed E-state index contributed by atoms with van der Waals surface area (Å²) in [6.07, 6.45) is -3.65. The molecule has 0 radical (unpaired) electrons. The number of rotatable bonds is 5. The van der Waals surface area contributed by atoms with E-state index in [-0.39, 0.29) is 5.69 Å². The van der Waals surface area contributed by atoms with Crippen LogP contribution in [-0.4, -0.2) is 27.1 Å². The summed E-state index contributed by atoms with van der Waals surface area (Å²) in [5.41, 5.74) is 1.56. The summed E-state index contributed by atoms with van der Waals surface area (Å²) in [6.45, 7) is 3.23. The molecule has 1 N–H and O–H groups in total. The Kier molecular flexibility index (Phi) is 5.84. The highest BCUT2D eigenvalue weighted by Crippen LogP contribution is 2.31. The Morgan fingerprint density at radius 1 is 1.04 bits per heavy atom. The molecule has 2 aromatic carbocycles. The Labute approximate surface area is 155 Å². The van der Waals surface area contributed by atoms with E-state index in [1.807, 2.05) is 19.9 Å². The maximum Gasteiger partial charge on any atom is 0.416 e. The Bertz CT molecular complexity index is 939. The van der Waals surface area contributed by atoms with Crippen molar-refractivity contribution in [1.82, 2.24) is 0 Å². The fourth-order valence-corrected chi connectivity index (χ4v) is 3.22. The van der Waals surface area contributed by atoms with E-state index in [2.05, 4.69) is 5.32 Å². The second-order valence-corrected chi connectivity index (χ2v) is 8.07. The third-order valence-electron chi connectivity index (χ3n) is 3.96. The molecule has 0 atom stereocenters. The molecule has 2 rings (SSSR count). The Morgan fingerprint density at radius 3 is 2.11 bits per heavy atom. The summed E-state index contributed by atoms with van der Waals surface area (Å²) in [6, 6.07) is 8.83. The molecular formula is C18H19F3N2O3S. The summed E-state index contributed by atoms with van der Waals surface area (Å²) in [5, 5.41) is 2.59. The van der Waals surface area contributed by atoms with Crippen molar-refractivity contribution in [2.75, 3.05) is 22.4 Å². The highest BCUT2D eigenvalue weighted by molar-refractivity contribution is 7.92. The van der Waals surface area contributed by atoms with Crippen molar-refractivity contribution in [3.05, 3.63) is 59.2 Å². The van der Waals surface area contributed by atoms with Crippen molar-refractivity contribution in [2.45, 2.75) is 20.0 Å². The van der Waals surface area contributed by atoms with Crippen LogP contribution in [0.1, 0.15) is 16.7 Å². The predicted molar refractivity (Wildman–Crippen MR) is 98.2 cm³/mol. The van der Waals surface area contributed by atoms with E-state index >= 15 is 0 Å². The van der Waals surface area contributed by atoms with Crippen LogP contribution in [0.3, 0.4) is 0 Å². The van der Waals surface area contributed by atoms with Gasteiger partial charge in [-0.25, -0.2) is 8.42 Å². The van der Waals surface area contributed by atoms with Gasteiger partial charge in [0.25, 0.3) is 0 Å². The number of amides is 1. The molecule has 0 aliphatic rings. The van der Waals surface area contributed by atoms with Crippen LogP contribution in [0.2, 0.25) is 0 Å². The van der Waals surface area contributed by atoms with Crippen LogP contribution in [0.5, 0.6) is 0 Å². The normalized spacial score (nSPS) is 11.9. The van der Waals surface area contributed by atoms with E-state index in [9.17, 15) is 26.4 Å². The number of nitrogens with one attached hydrogen (secondary N) is 1. The van der Waals surface area contributed by atoms with Gasteiger partial charge in [0, 0.05) is 5.69 Å². The predicted octanol–water partition coefficient (Wildman–Crippen LogP) is 3.73. The van der Waals surface area contributed by atoms with E-state index in [1.165, 1.54) is 0 Å². The first-order chi connectivity index (χ1) is 12.4. The van der Waals surface area contributed by atoms with Gasteiger partial charge in [-0.3, -0.25) is 9.10 Å². The number of carbonyl (C=O) groups excluding carboxylic acids is 1. The molecule has 0 saturated heterocycles. The summed E-state index contributed by atoms with van der Waals surface area (Å²) in [4.78, 5) is 12.3. The van der Waals surface area contributed by atoms with Crippen molar-refractivity contribution >= 4 is 27.3 Å². The molecule has 5 nitrogen and oxygen atoms in total. The van der Waals surface area contributed by atoms with Crippen LogP contribution in [0.25, 0.3) is 0 Å². The van der Waals surface area contributed by atoms with Crippen molar-refractivity contribution in [3.63, 3.8) is 0 Å². The van der Waals surface area contributed by atoms with Gasteiger partial charge in [-0.1, -0.05) is 6.07 Å². The maximum atomic E-state index is 12.7. The average molecular weight is 400 g/mol. The molecule has 146 valence electrons. The minimum atomic E-state index is -4.53. The van der Waals surface area contributed by atoms with Gasteiger partial charge in [0.1, 0.15) is 6.54 Å². The molecule has 0 aliphatic carbocycles. The highest BCUT2D eigenvalue weighted by atomic mass is 32.2. The number of hydrogen-bond donors (Lipinski definition) is 1. The molecule has 1 amide bonds. The van der Waals surface area contributed by atoms with Gasteiger partial charge >= 0.3 is 6.18 Å². The first-order valence-electron chi connectivity index (χ1n) is 7.90. The molecule has 0 aliphatic heterocycles. The van der Waals surface area contributed by atoms with Crippen LogP contribution in [-0.2, 0) is 21.0 Å². The molecule has 2 aromatic rings. The van der Waals surface area contributed by atoms with Crippen molar-refractivity contribution in [3.8, 4) is 0 Å². The van der Waals surface area contributed by atoms with E-state index in [0.29, 0.717) is 5.69 Å². The quantitative estimate of drug-likeness (QED) is 0.832. The van der Waals surface area contributed by atoms with Gasteiger partial charge < -0.3 is 5.32 Å². The smallest absolute Gasteiger partial charge is 0.325 e. The molecule has 0 fully saturated rings. The van der Waals surface area contributed by atoms with E-state index in [1.54, 1.807) is 12.1 Å². The zero-order chi connectivity index (χ0) is 20.4. The molecule has 0 spiro atoms. The highest BCUT2D eigenvalue weighted by Gasteiger charge is 2.30. The molecule has 9 heteroatoms. The van der Waals surface area contributed by atoms with Gasteiger partial charge in [-0.15, -0.1) is 0 Å². The lowest BCUT2D eigenvalue weighted by Gasteiger charge is -2.22. The fourth-order valence-electron chi connectivity index (χ4n) is 2.37. The fraction of sp³-hybridized carbons (Fsp3) is 0.278. The Morgan fingerprint density at radius 2 is 1.63 bits per heavy atom. The molecule has 0 heterocycles. The van der Waals surface area contributed by atoms with E-state index in [4.69, 9.17) is 0 Å². The lowest BCUT2D eigenvalue weighted by atomic mass is 10.1. The second-order valence-electron chi connectivity index (χ2n) is 6.16. The minimum absolute atomic E-state index is 0.0271. The SMILES string of the molecule is Cc1ccc(NC(=O)CN(c2ccc(C(F)(F)F)cc2)S(C)(=O)=O)cc1C. The molecular weight excluding hydrogens is 381 g/mol. The number of alkyl halides is 3. The number of anilines is 2. The van der Waals surface area contributed by atoms with Crippen LogP contribution >= 0.6 is 0 Å². The first-order valence-corrected chi connectivity index (χ1v) is 9.75. The Hall–Kier alpha value is -2.55. The molecule has 0 saturated carbocycles. The van der Waals surface area contributed by atoms with Gasteiger partial charge in [-0.05, 0) is 61.4 Å². The lowest BCUT2D eigenvalue weighted by molar-refractivity contribution is -0.137. The van der Waals surface area contributed by atoms with Crippen molar-refractivity contribution < 1.29 is 26.4 Å².